The first-order valence-corrected chi connectivity index (χ1v) is 5.50. The van der Waals surface area contributed by atoms with Crippen LogP contribution in [0.25, 0.3) is 11.0 Å². The van der Waals surface area contributed by atoms with E-state index < -0.39 is 0 Å². The molecule has 6 heteroatoms. The largest absolute Gasteiger partial charge is 0.345 e. The van der Waals surface area contributed by atoms with Crippen molar-refractivity contribution in [2.45, 2.75) is 13.8 Å². The zero-order valence-corrected chi connectivity index (χ0v) is 10.2. The number of fused-ring (bicyclic) bond motifs is 1. The van der Waals surface area contributed by atoms with Crippen LogP contribution in [0.1, 0.15) is 24.2 Å². The molecular weight excluding hydrogens is 249 g/mol. The standard InChI is InChI=1S/C10H9Cl2N3O/c1-4(2)7(16)5-3-13-9-6(5)8(11)14-10(12)15-9/h3-4H,1-2H3,(H,13,14,15). The molecule has 0 saturated carbocycles. The Labute approximate surface area is 102 Å². The number of nitrogens with zero attached hydrogens (tertiary/aromatic N) is 2. The van der Waals surface area contributed by atoms with Crippen LogP contribution in [0.15, 0.2) is 6.20 Å². The van der Waals surface area contributed by atoms with E-state index in [0.717, 1.165) is 0 Å². The molecule has 0 saturated heterocycles. The highest BCUT2D eigenvalue weighted by Crippen LogP contribution is 2.26. The number of halogens is 2. The van der Waals surface area contributed by atoms with Crippen LogP contribution >= 0.6 is 23.2 Å². The average molecular weight is 258 g/mol. The van der Waals surface area contributed by atoms with Gasteiger partial charge in [0.2, 0.25) is 5.28 Å². The molecule has 0 fully saturated rings. The number of ketones is 1. The van der Waals surface area contributed by atoms with Crippen LogP contribution in [-0.2, 0) is 0 Å². The lowest BCUT2D eigenvalue weighted by atomic mass is 10.0. The number of aromatic nitrogens is 3. The van der Waals surface area contributed by atoms with Gasteiger partial charge in [-0.3, -0.25) is 4.79 Å². The smallest absolute Gasteiger partial charge is 0.225 e. The van der Waals surface area contributed by atoms with Crippen molar-refractivity contribution in [3.8, 4) is 0 Å². The van der Waals surface area contributed by atoms with Crippen LogP contribution in [0.4, 0.5) is 0 Å². The van der Waals surface area contributed by atoms with E-state index >= 15 is 0 Å². The first kappa shape index (κ1) is 11.4. The first-order chi connectivity index (χ1) is 7.50. The van der Waals surface area contributed by atoms with Crippen molar-refractivity contribution in [2.75, 3.05) is 0 Å². The van der Waals surface area contributed by atoms with Gasteiger partial charge in [0.1, 0.15) is 10.8 Å². The van der Waals surface area contributed by atoms with Crippen LogP contribution in [0.5, 0.6) is 0 Å². The van der Waals surface area contributed by atoms with Gasteiger partial charge in [-0.05, 0) is 11.6 Å². The highest BCUT2D eigenvalue weighted by atomic mass is 35.5. The van der Waals surface area contributed by atoms with Gasteiger partial charge in [0.25, 0.3) is 0 Å². The second-order valence-electron chi connectivity index (χ2n) is 3.73. The third kappa shape index (κ3) is 1.79. The molecule has 0 amide bonds. The van der Waals surface area contributed by atoms with Crippen LogP contribution in [0.3, 0.4) is 0 Å². The van der Waals surface area contributed by atoms with Gasteiger partial charge >= 0.3 is 0 Å². The maximum atomic E-state index is 11.9. The summed E-state index contributed by atoms with van der Waals surface area (Å²) < 4.78 is 0. The number of hydrogen-bond donors (Lipinski definition) is 1. The number of nitrogens with one attached hydrogen (secondary N) is 1. The fourth-order valence-electron chi connectivity index (χ4n) is 1.47. The number of carbonyl (C=O) groups excluding carboxylic acids is 1. The van der Waals surface area contributed by atoms with Gasteiger partial charge in [0, 0.05) is 17.7 Å². The van der Waals surface area contributed by atoms with Crippen molar-refractivity contribution in [2.24, 2.45) is 5.92 Å². The Bertz CT molecular complexity index is 562. The minimum absolute atomic E-state index is 0.000859. The molecule has 0 aromatic carbocycles. The summed E-state index contributed by atoms with van der Waals surface area (Å²) in [4.78, 5) is 22.5. The summed E-state index contributed by atoms with van der Waals surface area (Å²) in [5.41, 5.74) is 0.987. The third-order valence-corrected chi connectivity index (χ3v) is 2.69. The molecule has 0 atom stereocenters. The van der Waals surface area contributed by atoms with E-state index in [-0.39, 0.29) is 22.1 Å². The molecule has 2 aromatic rings. The van der Waals surface area contributed by atoms with Gasteiger partial charge < -0.3 is 4.98 Å². The lowest BCUT2D eigenvalue weighted by Gasteiger charge is -2.02. The average Bonchev–Trinajstić information content (AvgIpc) is 2.59. The SMILES string of the molecule is CC(C)C(=O)c1c[nH]c2nc(Cl)nc(Cl)c12. The van der Waals surface area contributed by atoms with Gasteiger partial charge in [-0.25, -0.2) is 4.98 Å². The normalized spacial score (nSPS) is 11.3. The lowest BCUT2D eigenvalue weighted by molar-refractivity contribution is 0.0941. The second kappa shape index (κ2) is 4.03. The van der Waals surface area contributed by atoms with Gasteiger partial charge in [-0.2, -0.15) is 4.98 Å². The monoisotopic (exact) mass is 257 g/mol. The molecule has 0 unspecified atom stereocenters. The number of H-pyrrole nitrogens is 1. The van der Waals surface area contributed by atoms with Crippen molar-refractivity contribution in [3.63, 3.8) is 0 Å². The van der Waals surface area contributed by atoms with E-state index in [1.54, 1.807) is 6.20 Å². The van der Waals surface area contributed by atoms with E-state index in [4.69, 9.17) is 23.2 Å². The Morgan fingerprint density at radius 2 is 2.06 bits per heavy atom. The summed E-state index contributed by atoms with van der Waals surface area (Å²) >= 11 is 11.6. The van der Waals surface area contributed by atoms with Crippen molar-refractivity contribution >= 4 is 40.0 Å². The molecule has 0 bridgehead atoms. The summed E-state index contributed by atoms with van der Waals surface area (Å²) in [5, 5.41) is 0.785. The second-order valence-corrected chi connectivity index (χ2v) is 4.42. The van der Waals surface area contributed by atoms with Gasteiger partial charge in [0.05, 0.1) is 5.39 Å². The molecule has 0 spiro atoms. The molecule has 84 valence electrons. The van der Waals surface area contributed by atoms with Crippen LogP contribution in [0.2, 0.25) is 10.4 Å². The molecule has 2 rings (SSSR count). The van der Waals surface area contributed by atoms with E-state index in [1.807, 2.05) is 13.8 Å². The lowest BCUT2D eigenvalue weighted by Crippen LogP contribution is -2.06. The van der Waals surface area contributed by atoms with Crippen molar-refractivity contribution in [1.29, 1.82) is 0 Å². The maximum absolute atomic E-state index is 11.9. The number of aromatic amines is 1. The van der Waals surface area contributed by atoms with Crippen molar-refractivity contribution < 1.29 is 4.79 Å². The maximum Gasteiger partial charge on any atom is 0.225 e. The predicted molar refractivity (Wildman–Crippen MR) is 63.1 cm³/mol. The van der Waals surface area contributed by atoms with E-state index in [9.17, 15) is 4.79 Å². The quantitative estimate of drug-likeness (QED) is 0.511. The minimum Gasteiger partial charge on any atom is -0.345 e. The summed E-state index contributed by atoms with van der Waals surface area (Å²) in [5.74, 6) is -0.107. The van der Waals surface area contributed by atoms with Gasteiger partial charge in [-0.1, -0.05) is 25.4 Å². The zero-order chi connectivity index (χ0) is 11.9. The molecule has 1 N–H and O–H groups in total. The summed E-state index contributed by atoms with van der Waals surface area (Å²) in [7, 11) is 0. The molecule has 0 aliphatic carbocycles. The van der Waals surface area contributed by atoms with E-state index in [2.05, 4.69) is 15.0 Å². The highest BCUT2D eigenvalue weighted by molar-refractivity contribution is 6.36. The molecule has 16 heavy (non-hydrogen) atoms. The molecule has 0 radical (unpaired) electrons. The molecule has 4 nitrogen and oxygen atoms in total. The molecule has 0 aliphatic heterocycles. The summed E-state index contributed by atoms with van der Waals surface area (Å²) in [6, 6.07) is 0. The fraction of sp³-hybridized carbons (Fsp3) is 0.300. The number of rotatable bonds is 2. The van der Waals surface area contributed by atoms with E-state index in [0.29, 0.717) is 16.6 Å². The molecule has 2 aromatic heterocycles. The van der Waals surface area contributed by atoms with Crippen LogP contribution < -0.4 is 0 Å². The molecule has 2 heterocycles. The first-order valence-electron chi connectivity index (χ1n) is 4.75. The Morgan fingerprint density at radius 1 is 1.38 bits per heavy atom. The molecular formula is C10H9Cl2N3O. The van der Waals surface area contributed by atoms with Crippen LogP contribution in [0, 0.1) is 5.92 Å². The van der Waals surface area contributed by atoms with E-state index in [1.165, 1.54) is 0 Å². The Morgan fingerprint density at radius 3 is 2.69 bits per heavy atom. The molecule has 0 aliphatic rings. The van der Waals surface area contributed by atoms with Crippen LogP contribution in [-0.4, -0.2) is 20.7 Å². The number of Topliss-reactive ketones (excluding diaryl/α,β-unsaturated/α-hetero) is 1. The van der Waals surface area contributed by atoms with Gasteiger partial charge in [-0.15, -0.1) is 0 Å². The Kier molecular flexibility index (Phi) is 2.86. The Balaban J connectivity index is 2.69. The fourth-order valence-corrected chi connectivity index (χ4v) is 1.95. The highest BCUT2D eigenvalue weighted by Gasteiger charge is 2.19. The summed E-state index contributed by atoms with van der Waals surface area (Å²) in [6.07, 6.45) is 1.59. The van der Waals surface area contributed by atoms with Crippen molar-refractivity contribution in [1.82, 2.24) is 15.0 Å². The minimum atomic E-state index is -0.106. The summed E-state index contributed by atoms with van der Waals surface area (Å²) in [6.45, 7) is 3.65. The van der Waals surface area contributed by atoms with Crippen molar-refractivity contribution in [3.05, 3.63) is 22.2 Å². The Hall–Kier alpha value is -1.13. The number of hydrogen-bond acceptors (Lipinski definition) is 3. The number of carbonyl (C=O) groups is 1. The van der Waals surface area contributed by atoms with Gasteiger partial charge in [0.15, 0.2) is 5.78 Å². The topological polar surface area (TPSA) is 58.6 Å². The predicted octanol–water partition coefficient (Wildman–Crippen LogP) is 3.10. The zero-order valence-electron chi connectivity index (χ0n) is 8.71. The third-order valence-electron chi connectivity index (χ3n) is 2.25.